The molecule has 3 aromatic carbocycles. The molecule has 0 spiro atoms. The maximum atomic E-state index is 13.0. The van der Waals surface area contributed by atoms with E-state index >= 15 is 0 Å². The molecule has 0 saturated heterocycles. The van der Waals surface area contributed by atoms with Crippen molar-refractivity contribution in [1.82, 2.24) is 19.8 Å². The normalized spacial score (nSPS) is 12.2. The van der Waals surface area contributed by atoms with E-state index in [1.54, 1.807) is 41.8 Å². The van der Waals surface area contributed by atoms with Crippen molar-refractivity contribution < 1.29 is 4.79 Å². The van der Waals surface area contributed by atoms with E-state index < -0.39 is 0 Å². The Balaban J connectivity index is 1.54. The van der Waals surface area contributed by atoms with E-state index in [9.17, 15) is 9.59 Å². The average molecular weight is 461 g/mol. The fourth-order valence-corrected chi connectivity index (χ4v) is 4.18. The Morgan fingerprint density at radius 3 is 2.39 bits per heavy atom. The number of aryl methyl sites for hydroxylation is 1. The van der Waals surface area contributed by atoms with Crippen molar-refractivity contribution in [3.8, 4) is 5.69 Å². The first-order valence-corrected chi connectivity index (χ1v) is 11.0. The van der Waals surface area contributed by atoms with Gasteiger partial charge in [-0.15, -0.1) is 0 Å². The molecule has 1 amide bonds. The van der Waals surface area contributed by atoms with E-state index in [2.05, 4.69) is 10.3 Å². The van der Waals surface area contributed by atoms with Gasteiger partial charge in [0.25, 0.3) is 11.5 Å². The van der Waals surface area contributed by atoms with Crippen LogP contribution in [0.4, 0.5) is 0 Å². The zero-order chi connectivity index (χ0) is 23.5. The van der Waals surface area contributed by atoms with Crippen LogP contribution in [-0.4, -0.2) is 41.0 Å². The van der Waals surface area contributed by atoms with Crippen LogP contribution in [0.5, 0.6) is 0 Å². The molecule has 0 aliphatic carbocycles. The molecule has 0 fully saturated rings. The second kappa shape index (κ2) is 9.57. The summed E-state index contributed by atoms with van der Waals surface area (Å²) in [4.78, 5) is 32.4. The molecule has 1 atom stereocenters. The Morgan fingerprint density at radius 1 is 1.03 bits per heavy atom. The molecule has 4 rings (SSSR count). The molecule has 0 aliphatic heterocycles. The number of halogens is 1. The number of rotatable bonds is 6. The Labute approximate surface area is 197 Å². The number of para-hydroxylation sites is 1. The third-order valence-electron chi connectivity index (χ3n) is 5.67. The van der Waals surface area contributed by atoms with Crippen molar-refractivity contribution in [2.75, 3.05) is 20.6 Å². The second-order valence-corrected chi connectivity index (χ2v) is 8.48. The van der Waals surface area contributed by atoms with Crippen molar-refractivity contribution in [2.45, 2.75) is 13.0 Å². The first-order valence-electron chi connectivity index (χ1n) is 10.6. The van der Waals surface area contributed by atoms with E-state index in [0.29, 0.717) is 39.5 Å². The van der Waals surface area contributed by atoms with Gasteiger partial charge in [0, 0.05) is 17.1 Å². The van der Waals surface area contributed by atoms with Gasteiger partial charge < -0.3 is 10.2 Å². The number of hydrogen-bond acceptors (Lipinski definition) is 4. The Morgan fingerprint density at radius 2 is 1.70 bits per heavy atom. The number of hydrogen-bond donors (Lipinski definition) is 1. The van der Waals surface area contributed by atoms with Crippen LogP contribution in [-0.2, 0) is 0 Å². The molecule has 7 heteroatoms. The molecule has 1 heterocycles. The van der Waals surface area contributed by atoms with Gasteiger partial charge >= 0.3 is 0 Å². The lowest BCUT2D eigenvalue weighted by Gasteiger charge is -2.26. The van der Waals surface area contributed by atoms with Gasteiger partial charge in [-0.05, 0) is 69.0 Å². The number of carbonyl (C=O) groups is 1. The summed E-state index contributed by atoms with van der Waals surface area (Å²) in [7, 11) is 3.90. The molecule has 33 heavy (non-hydrogen) atoms. The van der Waals surface area contributed by atoms with Crippen LogP contribution in [0.25, 0.3) is 16.6 Å². The van der Waals surface area contributed by atoms with Gasteiger partial charge in [0.05, 0.1) is 22.6 Å². The van der Waals surface area contributed by atoms with Gasteiger partial charge in [0.15, 0.2) is 0 Å². The highest BCUT2D eigenvalue weighted by Crippen LogP contribution is 2.25. The minimum absolute atomic E-state index is 0.0631. The van der Waals surface area contributed by atoms with Gasteiger partial charge in [-0.3, -0.25) is 14.2 Å². The molecule has 1 aromatic heterocycles. The highest BCUT2D eigenvalue weighted by Gasteiger charge is 2.18. The maximum absolute atomic E-state index is 13.0. The fourth-order valence-electron chi connectivity index (χ4n) is 3.92. The zero-order valence-electron chi connectivity index (χ0n) is 18.7. The number of carbonyl (C=O) groups excluding carboxylic acids is 1. The quantitative estimate of drug-likeness (QED) is 0.463. The summed E-state index contributed by atoms with van der Waals surface area (Å²) in [5.41, 5.74) is 2.66. The molecular weight excluding hydrogens is 436 g/mol. The van der Waals surface area contributed by atoms with Crippen LogP contribution in [0.2, 0.25) is 5.02 Å². The number of fused-ring (bicyclic) bond motifs is 1. The average Bonchev–Trinajstić information content (AvgIpc) is 2.80. The molecule has 1 N–H and O–H groups in total. The maximum Gasteiger partial charge on any atom is 0.265 e. The van der Waals surface area contributed by atoms with Crippen molar-refractivity contribution >= 4 is 28.4 Å². The SMILES string of the molecule is Cc1nc2ccccc2c(=O)n1-c1ccc(C(=O)NC[C@@H](c2ccccc2Cl)N(C)C)cc1. The highest BCUT2D eigenvalue weighted by molar-refractivity contribution is 6.31. The molecule has 6 nitrogen and oxygen atoms in total. The third kappa shape index (κ3) is 4.67. The lowest BCUT2D eigenvalue weighted by Crippen LogP contribution is -2.34. The number of amides is 1. The standard InChI is InChI=1S/C26H25ClN4O2/c1-17-29-23-11-7-5-9-21(23)26(33)31(17)19-14-12-18(13-15-19)25(32)28-16-24(30(2)3)20-8-4-6-10-22(20)27/h4-15,24H,16H2,1-3H3,(H,28,32)/t24-/m0/s1. The zero-order valence-corrected chi connectivity index (χ0v) is 19.5. The van der Waals surface area contributed by atoms with E-state index in [1.807, 2.05) is 61.5 Å². The molecular formula is C26H25ClN4O2. The first-order chi connectivity index (χ1) is 15.9. The minimum atomic E-state index is -0.193. The number of likely N-dealkylation sites (N-methyl/N-ethyl adjacent to an activating group) is 1. The van der Waals surface area contributed by atoms with Crippen molar-refractivity contribution in [2.24, 2.45) is 0 Å². The smallest absolute Gasteiger partial charge is 0.265 e. The Hall–Kier alpha value is -3.48. The largest absolute Gasteiger partial charge is 0.350 e. The Bertz CT molecular complexity index is 1360. The predicted molar refractivity (Wildman–Crippen MR) is 132 cm³/mol. The number of aromatic nitrogens is 2. The molecule has 168 valence electrons. The van der Waals surface area contributed by atoms with Crippen LogP contribution < -0.4 is 10.9 Å². The monoisotopic (exact) mass is 460 g/mol. The summed E-state index contributed by atoms with van der Waals surface area (Å²) in [6.45, 7) is 2.20. The number of benzene rings is 3. The number of nitrogens with zero attached hydrogens (tertiary/aromatic N) is 3. The van der Waals surface area contributed by atoms with Gasteiger partial charge in [-0.1, -0.05) is 41.9 Å². The summed E-state index contributed by atoms with van der Waals surface area (Å²) in [5, 5.41) is 4.21. The fraction of sp³-hybridized carbons (Fsp3) is 0.192. The van der Waals surface area contributed by atoms with Crippen LogP contribution >= 0.6 is 11.6 Å². The molecule has 0 saturated carbocycles. The van der Waals surface area contributed by atoms with E-state index in [4.69, 9.17) is 11.6 Å². The van der Waals surface area contributed by atoms with Crippen LogP contribution in [0, 0.1) is 6.92 Å². The van der Waals surface area contributed by atoms with Crippen LogP contribution in [0.3, 0.4) is 0 Å². The lowest BCUT2D eigenvalue weighted by molar-refractivity contribution is 0.0942. The lowest BCUT2D eigenvalue weighted by atomic mass is 10.1. The van der Waals surface area contributed by atoms with Gasteiger partial charge in [0.1, 0.15) is 5.82 Å². The van der Waals surface area contributed by atoms with E-state index in [-0.39, 0.29) is 17.5 Å². The molecule has 0 unspecified atom stereocenters. The highest BCUT2D eigenvalue weighted by atomic mass is 35.5. The topological polar surface area (TPSA) is 67.2 Å². The third-order valence-corrected chi connectivity index (χ3v) is 6.02. The van der Waals surface area contributed by atoms with Gasteiger partial charge in [-0.25, -0.2) is 4.98 Å². The molecule has 0 aliphatic rings. The van der Waals surface area contributed by atoms with Crippen molar-refractivity contribution in [3.63, 3.8) is 0 Å². The Kier molecular flexibility index (Phi) is 6.58. The van der Waals surface area contributed by atoms with Crippen LogP contribution in [0.1, 0.15) is 27.8 Å². The molecule has 0 radical (unpaired) electrons. The first kappa shape index (κ1) is 22.7. The minimum Gasteiger partial charge on any atom is -0.350 e. The van der Waals surface area contributed by atoms with Crippen molar-refractivity contribution in [3.05, 3.63) is 105 Å². The summed E-state index contributed by atoms with van der Waals surface area (Å²) in [6, 6.07) is 21.8. The summed E-state index contributed by atoms with van der Waals surface area (Å²) >= 11 is 6.36. The van der Waals surface area contributed by atoms with E-state index in [0.717, 1.165) is 5.56 Å². The summed E-state index contributed by atoms with van der Waals surface area (Å²) < 4.78 is 1.56. The van der Waals surface area contributed by atoms with Crippen LogP contribution in [0.15, 0.2) is 77.6 Å². The van der Waals surface area contributed by atoms with E-state index in [1.165, 1.54) is 0 Å². The summed E-state index contributed by atoms with van der Waals surface area (Å²) in [6.07, 6.45) is 0. The predicted octanol–water partition coefficient (Wildman–Crippen LogP) is 4.38. The molecule has 0 bridgehead atoms. The molecule has 4 aromatic rings. The summed E-state index contributed by atoms with van der Waals surface area (Å²) in [5.74, 6) is 0.394. The van der Waals surface area contributed by atoms with Gasteiger partial charge in [0.2, 0.25) is 0 Å². The van der Waals surface area contributed by atoms with Crippen molar-refractivity contribution in [1.29, 1.82) is 0 Å². The number of nitrogens with one attached hydrogen (secondary N) is 1. The van der Waals surface area contributed by atoms with Gasteiger partial charge in [-0.2, -0.15) is 0 Å². The second-order valence-electron chi connectivity index (χ2n) is 8.07.